The Balaban J connectivity index is 1.95. The zero-order valence-electron chi connectivity index (χ0n) is 10.7. The Morgan fingerprint density at radius 3 is 2.37 bits per heavy atom. The molecule has 1 aromatic carbocycles. The van der Waals surface area contributed by atoms with Crippen molar-refractivity contribution in [2.45, 2.75) is 24.2 Å². The largest absolute Gasteiger partial charge is 0.490 e. The summed E-state index contributed by atoms with van der Waals surface area (Å²) in [5, 5.41) is 0. The van der Waals surface area contributed by atoms with Gasteiger partial charge in [0.05, 0.1) is 18.1 Å². The molecule has 2 aliphatic rings. The summed E-state index contributed by atoms with van der Waals surface area (Å²) >= 11 is 0. The van der Waals surface area contributed by atoms with Gasteiger partial charge in [0.2, 0.25) is 10.0 Å². The summed E-state index contributed by atoms with van der Waals surface area (Å²) in [4.78, 5) is 0.290. The van der Waals surface area contributed by atoms with Crippen LogP contribution in [-0.2, 0) is 10.0 Å². The van der Waals surface area contributed by atoms with Gasteiger partial charge in [-0.05, 0) is 25.0 Å². The topological polar surface area (TPSA) is 55.8 Å². The van der Waals surface area contributed by atoms with Crippen LogP contribution in [0.15, 0.2) is 23.1 Å². The minimum absolute atomic E-state index is 0.290. The van der Waals surface area contributed by atoms with Crippen LogP contribution in [0.3, 0.4) is 0 Å². The van der Waals surface area contributed by atoms with Gasteiger partial charge in [-0.2, -0.15) is 4.31 Å². The van der Waals surface area contributed by atoms with Crippen LogP contribution in [0.1, 0.15) is 19.3 Å². The van der Waals surface area contributed by atoms with E-state index in [0.717, 1.165) is 19.3 Å². The maximum Gasteiger partial charge on any atom is 0.243 e. The number of nitrogens with zero attached hydrogens (tertiary/aromatic N) is 1. The minimum Gasteiger partial charge on any atom is -0.490 e. The SMILES string of the molecule is O=S(=O)(c1ccc2c(c1)OCCCO2)N1CCCC1. The number of sulfonamides is 1. The summed E-state index contributed by atoms with van der Waals surface area (Å²) < 4.78 is 37.5. The van der Waals surface area contributed by atoms with E-state index in [2.05, 4.69) is 0 Å². The highest BCUT2D eigenvalue weighted by Crippen LogP contribution is 2.33. The van der Waals surface area contributed by atoms with Crippen molar-refractivity contribution in [3.8, 4) is 11.5 Å². The summed E-state index contributed by atoms with van der Waals surface area (Å²) in [6.07, 6.45) is 2.68. The first-order valence-corrected chi connectivity index (χ1v) is 8.02. The highest BCUT2D eigenvalue weighted by molar-refractivity contribution is 7.89. The fraction of sp³-hybridized carbons (Fsp3) is 0.538. The summed E-state index contributed by atoms with van der Waals surface area (Å²) in [6, 6.07) is 4.86. The van der Waals surface area contributed by atoms with Gasteiger partial charge in [-0.1, -0.05) is 0 Å². The van der Waals surface area contributed by atoms with Gasteiger partial charge in [0, 0.05) is 25.6 Å². The van der Waals surface area contributed by atoms with E-state index in [1.165, 1.54) is 4.31 Å². The van der Waals surface area contributed by atoms with Crippen LogP contribution in [0.4, 0.5) is 0 Å². The number of hydrogen-bond acceptors (Lipinski definition) is 4. The Labute approximate surface area is 113 Å². The lowest BCUT2D eigenvalue weighted by Gasteiger charge is -2.16. The Morgan fingerprint density at radius 2 is 1.63 bits per heavy atom. The van der Waals surface area contributed by atoms with E-state index < -0.39 is 10.0 Å². The maximum absolute atomic E-state index is 12.4. The van der Waals surface area contributed by atoms with Gasteiger partial charge in [-0.15, -0.1) is 0 Å². The van der Waals surface area contributed by atoms with Gasteiger partial charge < -0.3 is 9.47 Å². The summed E-state index contributed by atoms with van der Waals surface area (Å²) in [6.45, 7) is 2.37. The van der Waals surface area contributed by atoms with Crippen LogP contribution in [0, 0.1) is 0 Å². The van der Waals surface area contributed by atoms with Crippen molar-refractivity contribution in [1.29, 1.82) is 0 Å². The molecule has 0 aromatic heterocycles. The molecule has 6 heteroatoms. The molecular formula is C13H17NO4S. The zero-order valence-corrected chi connectivity index (χ0v) is 11.5. The van der Waals surface area contributed by atoms with Gasteiger partial charge in [0.1, 0.15) is 0 Å². The Kier molecular flexibility index (Phi) is 3.36. The third-order valence-corrected chi connectivity index (χ3v) is 5.32. The highest BCUT2D eigenvalue weighted by Gasteiger charge is 2.28. The molecule has 0 amide bonds. The van der Waals surface area contributed by atoms with Gasteiger partial charge in [-0.25, -0.2) is 8.42 Å². The molecule has 2 heterocycles. The molecular weight excluding hydrogens is 266 g/mol. The molecule has 1 fully saturated rings. The molecule has 1 saturated heterocycles. The number of benzene rings is 1. The summed E-state index contributed by atoms with van der Waals surface area (Å²) in [5.74, 6) is 1.15. The molecule has 0 radical (unpaired) electrons. The highest BCUT2D eigenvalue weighted by atomic mass is 32.2. The quantitative estimate of drug-likeness (QED) is 0.828. The second-order valence-corrected chi connectivity index (χ2v) is 6.71. The van der Waals surface area contributed by atoms with E-state index >= 15 is 0 Å². The zero-order chi connectivity index (χ0) is 13.3. The van der Waals surface area contributed by atoms with E-state index in [0.29, 0.717) is 42.7 Å². The normalized spacial score (nSPS) is 20.2. The molecule has 2 aliphatic heterocycles. The molecule has 0 unspecified atom stereocenters. The van der Waals surface area contributed by atoms with Gasteiger partial charge in [0.15, 0.2) is 11.5 Å². The predicted molar refractivity (Wildman–Crippen MR) is 70.0 cm³/mol. The summed E-state index contributed by atoms with van der Waals surface area (Å²) in [5.41, 5.74) is 0. The average molecular weight is 283 g/mol. The first-order valence-electron chi connectivity index (χ1n) is 6.58. The third-order valence-electron chi connectivity index (χ3n) is 3.42. The monoisotopic (exact) mass is 283 g/mol. The molecule has 0 N–H and O–H groups in total. The van der Waals surface area contributed by atoms with Crippen molar-refractivity contribution in [2.75, 3.05) is 26.3 Å². The van der Waals surface area contributed by atoms with Crippen LogP contribution in [0.25, 0.3) is 0 Å². The van der Waals surface area contributed by atoms with E-state index in [9.17, 15) is 8.42 Å². The number of ether oxygens (including phenoxy) is 2. The first kappa shape index (κ1) is 12.7. The van der Waals surface area contributed by atoms with Crippen molar-refractivity contribution in [3.05, 3.63) is 18.2 Å². The lowest BCUT2D eigenvalue weighted by molar-refractivity contribution is 0.297. The lowest BCUT2D eigenvalue weighted by atomic mass is 10.3. The molecule has 1 aromatic rings. The smallest absolute Gasteiger partial charge is 0.243 e. The van der Waals surface area contributed by atoms with Crippen molar-refractivity contribution in [2.24, 2.45) is 0 Å². The van der Waals surface area contributed by atoms with Crippen molar-refractivity contribution in [1.82, 2.24) is 4.31 Å². The van der Waals surface area contributed by atoms with E-state index in [1.807, 2.05) is 0 Å². The van der Waals surface area contributed by atoms with Crippen molar-refractivity contribution >= 4 is 10.0 Å². The number of fused-ring (bicyclic) bond motifs is 1. The van der Waals surface area contributed by atoms with E-state index in [4.69, 9.17) is 9.47 Å². The Morgan fingerprint density at radius 1 is 0.947 bits per heavy atom. The fourth-order valence-electron chi connectivity index (χ4n) is 2.38. The van der Waals surface area contributed by atoms with Crippen LogP contribution in [0.5, 0.6) is 11.5 Å². The van der Waals surface area contributed by atoms with Gasteiger partial charge in [0.25, 0.3) is 0 Å². The summed E-state index contributed by atoms with van der Waals surface area (Å²) in [7, 11) is -3.39. The molecule has 104 valence electrons. The molecule has 5 nitrogen and oxygen atoms in total. The van der Waals surface area contributed by atoms with Crippen molar-refractivity contribution in [3.63, 3.8) is 0 Å². The molecule has 0 aliphatic carbocycles. The molecule has 0 bridgehead atoms. The fourth-order valence-corrected chi connectivity index (χ4v) is 3.91. The molecule has 0 saturated carbocycles. The van der Waals surface area contributed by atoms with Crippen LogP contribution in [-0.4, -0.2) is 39.0 Å². The Bertz CT molecular complexity index is 564. The molecule has 0 atom stereocenters. The Hall–Kier alpha value is -1.27. The minimum atomic E-state index is -3.39. The van der Waals surface area contributed by atoms with E-state index in [-0.39, 0.29) is 0 Å². The second kappa shape index (κ2) is 5.02. The van der Waals surface area contributed by atoms with Crippen molar-refractivity contribution < 1.29 is 17.9 Å². The third kappa shape index (κ3) is 2.42. The molecule has 0 spiro atoms. The number of hydrogen-bond donors (Lipinski definition) is 0. The van der Waals surface area contributed by atoms with Gasteiger partial charge >= 0.3 is 0 Å². The maximum atomic E-state index is 12.4. The lowest BCUT2D eigenvalue weighted by Crippen LogP contribution is -2.27. The predicted octanol–water partition coefficient (Wildman–Crippen LogP) is 1.63. The second-order valence-electron chi connectivity index (χ2n) is 4.77. The van der Waals surface area contributed by atoms with Crippen LogP contribution < -0.4 is 9.47 Å². The number of rotatable bonds is 2. The van der Waals surface area contributed by atoms with Gasteiger partial charge in [-0.3, -0.25) is 0 Å². The molecule has 3 rings (SSSR count). The standard InChI is InChI=1S/C13H17NO4S/c15-19(16,14-6-1-2-7-14)11-4-5-12-13(10-11)18-9-3-8-17-12/h4-5,10H,1-3,6-9H2. The first-order chi connectivity index (χ1) is 9.18. The van der Waals surface area contributed by atoms with Crippen LogP contribution in [0.2, 0.25) is 0 Å². The van der Waals surface area contributed by atoms with Crippen LogP contribution >= 0.6 is 0 Å². The van der Waals surface area contributed by atoms with E-state index in [1.54, 1.807) is 18.2 Å². The molecule has 19 heavy (non-hydrogen) atoms. The average Bonchev–Trinajstić information content (AvgIpc) is 2.85.